The number of benzene rings is 1. The molecule has 0 saturated heterocycles. The molecule has 1 aromatic rings. The molecule has 1 aliphatic heterocycles. The second-order valence-corrected chi connectivity index (χ2v) is 11.1. The fraction of sp³-hybridized carbons (Fsp3) is 0.630. The summed E-state index contributed by atoms with van der Waals surface area (Å²) in [4.78, 5) is 25.4. The topological polar surface area (TPSA) is 58.2 Å². The van der Waals surface area contributed by atoms with Crippen LogP contribution >= 0.6 is 0 Å². The molecule has 3 aliphatic carbocycles. The normalized spacial score (nSPS) is 39.3. The second kappa shape index (κ2) is 8.21. The largest absolute Gasteiger partial charge is 0.349 e. The van der Waals surface area contributed by atoms with Crippen molar-refractivity contribution in [1.29, 1.82) is 0 Å². The van der Waals surface area contributed by atoms with Gasteiger partial charge in [0.2, 0.25) is 11.8 Å². The third kappa shape index (κ3) is 3.52. The highest BCUT2D eigenvalue weighted by atomic mass is 19.1. The van der Waals surface area contributed by atoms with Crippen molar-refractivity contribution in [3.05, 3.63) is 41.5 Å². The quantitative estimate of drug-likeness (QED) is 0.631. The molecule has 4 nitrogen and oxygen atoms in total. The van der Waals surface area contributed by atoms with Crippen molar-refractivity contribution in [2.45, 2.75) is 71.8 Å². The van der Waals surface area contributed by atoms with Crippen LogP contribution in [0.1, 0.15) is 63.5 Å². The Morgan fingerprint density at radius 1 is 1.09 bits per heavy atom. The summed E-state index contributed by atoms with van der Waals surface area (Å²) in [5.74, 6) is 1.34. The highest BCUT2D eigenvalue weighted by molar-refractivity contribution is 5.94. The Hall–Kier alpha value is -2.24. The van der Waals surface area contributed by atoms with Crippen LogP contribution in [0.15, 0.2) is 30.4 Å². The number of carbonyl (C=O) groups excluding carboxylic acids is 2. The SMILES string of the molecule is C[C@]12C=CC(=O)N[C@@H]1CC[C@@H]1[C@@H]2CC[C@]2(C)[C@@H](C(=O)Nc3cc(CF)ccc3CF)CC[C@@H]12. The van der Waals surface area contributed by atoms with Crippen molar-refractivity contribution in [2.75, 3.05) is 5.32 Å². The van der Waals surface area contributed by atoms with Gasteiger partial charge in [0.1, 0.15) is 13.3 Å². The van der Waals surface area contributed by atoms with Gasteiger partial charge in [-0.2, -0.15) is 0 Å². The Kier molecular flexibility index (Phi) is 5.61. The maximum absolute atomic E-state index is 13.5. The predicted octanol–water partition coefficient (Wildman–Crippen LogP) is 5.48. The minimum absolute atomic E-state index is 0.0126. The number of nitrogens with one attached hydrogen (secondary N) is 2. The molecule has 33 heavy (non-hydrogen) atoms. The summed E-state index contributed by atoms with van der Waals surface area (Å²) in [5, 5.41) is 6.15. The van der Waals surface area contributed by atoms with E-state index in [1.807, 2.05) is 0 Å². The van der Waals surface area contributed by atoms with E-state index >= 15 is 0 Å². The number of amides is 2. The van der Waals surface area contributed by atoms with Crippen molar-refractivity contribution in [3.63, 3.8) is 0 Å². The van der Waals surface area contributed by atoms with Gasteiger partial charge in [0.15, 0.2) is 0 Å². The highest BCUT2D eigenvalue weighted by Crippen LogP contribution is 2.65. The van der Waals surface area contributed by atoms with Gasteiger partial charge in [-0.3, -0.25) is 9.59 Å². The first-order valence-electron chi connectivity index (χ1n) is 12.3. The smallest absolute Gasteiger partial charge is 0.243 e. The zero-order chi connectivity index (χ0) is 23.4. The van der Waals surface area contributed by atoms with Gasteiger partial charge in [-0.05, 0) is 79.4 Å². The number of fused-ring (bicyclic) bond motifs is 5. The maximum atomic E-state index is 13.5. The van der Waals surface area contributed by atoms with Crippen LogP contribution in [0.2, 0.25) is 0 Å². The van der Waals surface area contributed by atoms with Crippen molar-refractivity contribution < 1.29 is 18.4 Å². The number of alkyl halides is 2. The van der Waals surface area contributed by atoms with Crippen molar-refractivity contribution in [1.82, 2.24) is 5.32 Å². The summed E-state index contributed by atoms with van der Waals surface area (Å²) in [7, 11) is 0. The van der Waals surface area contributed by atoms with Crippen LogP contribution in [0.25, 0.3) is 0 Å². The minimum Gasteiger partial charge on any atom is -0.349 e. The molecule has 2 N–H and O–H groups in total. The number of hydrogen-bond acceptors (Lipinski definition) is 2. The molecule has 0 radical (unpaired) electrons. The Morgan fingerprint density at radius 2 is 1.91 bits per heavy atom. The van der Waals surface area contributed by atoms with Gasteiger partial charge in [0, 0.05) is 28.6 Å². The monoisotopic (exact) mass is 456 g/mol. The molecule has 3 saturated carbocycles. The lowest BCUT2D eigenvalue weighted by Crippen LogP contribution is -2.59. The molecule has 7 atom stereocenters. The molecule has 0 unspecified atom stereocenters. The number of carbonyl (C=O) groups is 2. The van der Waals surface area contributed by atoms with Gasteiger partial charge in [0.25, 0.3) is 0 Å². The van der Waals surface area contributed by atoms with Crippen LogP contribution in [0, 0.1) is 34.5 Å². The standard InChI is InChI=1S/C27H34F2N2O2/c1-26-11-9-20-18(5-8-23-27(20,2)12-10-24(32)31-23)19(26)6-7-21(26)25(33)30-22-13-16(14-28)3-4-17(22)15-29/h3-4,10,12-13,18-21,23H,5-9,11,14-15H2,1-2H3,(H,30,33)(H,31,32)/t18-,19-,20-,21+,23+,26-,27+/m0/s1. The lowest BCUT2D eigenvalue weighted by molar-refractivity contribution is -0.129. The molecule has 0 bridgehead atoms. The molecule has 0 aromatic heterocycles. The second-order valence-electron chi connectivity index (χ2n) is 11.1. The van der Waals surface area contributed by atoms with Crippen LogP contribution < -0.4 is 10.6 Å². The molecule has 6 heteroatoms. The van der Waals surface area contributed by atoms with Crippen LogP contribution in [-0.2, 0) is 22.9 Å². The van der Waals surface area contributed by atoms with E-state index in [0.717, 1.165) is 38.5 Å². The van der Waals surface area contributed by atoms with E-state index in [9.17, 15) is 18.4 Å². The summed E-state index contributed by atoms with van der Waals surface area (Å²) in [5.41, 5.74) is 1.11. The Morgan fingerprint density at radius 3 is 2.67 bits per heavy atom. The minimum atomic E-state index is -0.694. The van der Waals surface area contributed by atoms with Crippen LogP contribution in [0.4, 0.5) is 14.5 Å². The molecule has 3 fully saturated rings. The van der Waals surface area contributed by atoms with Crippen molar-refractivity contribution in [3.8, 4) is 0 Å². The van der Waals surface area contributed by atoms with E-state index in [2.05, 4.69) is 30.6 Å². The molecular formula is C27H34F2N2O2. The number of rotatable bonds is 4. The summed E-state index contributed by atoms with van der Waals surface area (Å²) in [6, 6.07) is 4.88. The first-order chi connectivity index (χ1) is 15.8. The molecule has 4 aliphatic rings. The summed E-state index contributed by atoms with van der Waals surface area (Å²) in [6.07, 6.45) is 9.77. The van der Waals surface area contributed by atoms with E-state index < -0.39 is 13.3 Å². The molecule has 2 amide bonds. The fourth-order valence-electron chi connectivity index (χ4n) is 7.92. The molecule has 5 rings (SSSR count). The van der Waals surface area contributed by atoms with Gasteiger partial charge in [0.05, 0.1) is 0 Å². The Balaban J connectivity index is 1.37. The summed E-state index contributed by atoms with van der Waals surface area (Å²) >= 11 is 0. The van der Waals surface area contributed by atoms with Crippen molar-refractivity contribution >= 4 is 17.5 Å². The first-order valence-corrected chi connectivity index (χ1v) is 12.3. The Bertz CT molecular complexity index is 994. The van der Waals surface area contributed by atoms with Crippen molar-refractivity contribution in [2.24, 2.45) is 34.5 Å². The average Bonchev–Trinajstić information content (AvgIpc) is 3.16. The lowest BCUT2D eigenvalue weighted by atomic mass is 9.48. The van der Waals surface area contributed by atoms with Crippen LogP contribution in [-0.4, -0.2) is 17.9 Å². The van der Waals surface area contributed by atoms with E-state index in [1.54, 1.807) is 24.3 Å². The molecule has 178 valence electrons. The zero-order valence-corrected chi connectivity index (χ0v) is 19.5. The van der Waals surface area contributed by atoms with E-state index in [-0.39, 0.29) is 34.6 Å². The third-order valence-electron chi connectivity index (χ3n) is 9.73. The zero-order valence-electron chi connectivity index (χ0n) is 19.5. The average molecular weight is 457 g/mol. The van der Waals surface area contributed by atoms with E-state index in [1.165, 1.54) is 0 Å². The highest BCUT2D eigenvalue weighted by Gasteiger charge is 2.60. The van der Waals surface area contributed by atoms with Gasteiger partial charge in [-0.25, -0.2) is 8.78 Å². The fourth-order valence-corrected chi connectivity index (χ4v) is 7.92. The van der Waals surface area contributed by atoms with E-state index in [0.29, 0.717) is 34.6 Å². The Labute approximate surface area is 194 Å². The maximum Gasteiger partial charge on any atom is 0.243 e. The number of hydrogen-bond donors (Lipinski definition) is 2. The summed E-state index contributed by atoms with van der Waals surface area (Å²) < 4.78 is 26.7. The van der Waals surface area contributed by atoms with Crippen LogP contribution in [0.5, 0.6) is 0 Å². The van der Waals surface area contributed by atoms with Crippen LogP contribution in [0.3, 0.4) is 0 Å². The van der Waals surface area contributed by atoms with Gasteiger partial charge in [-0.1, -0.05) is 32.1 Å². The molecule has 0 spiro atoms. The van der Waals surface area contributed by atoms with Gasteiger partial charge in [-0.15, -0.1) is 0 Å². The predicted molar refractivity (Wildman–Crippen MR) is 124 cm³/mol. The molecule has 1 heterocycles. The first kappa shape index (κ1) is 22.5. The number of halogens is 2. The molecular weight excluding hydrogens is 422 g/mol. The van der Waals surface area contributed by atoms with Gasteiger partial charge < -0.3 is 10.6 Å². The third-order valence-corrected chi connectivity index (χ3v) is 9.73. The van der Waals surface area contributed by atoms with Gasteiger partial charge >= 0.3 is 0 Å². The lowest BCUT2D eigenvalue weighted by Gasteiger charge is -2.58. The summed E-state index contributed by atoms with van der Waals surface area (Å²) in [6.45, 7) is 3.23. The molecule has 1 aromatic carbocycles. The number of anilines is 1. The van der Waals surface area contributed by atoms with E-state index in [4.69, 9.17) is 0 Å².